The molecule has 0 radical (unpaired) electrons. The smallest absolute Gasteiger partial charge is 0.252 e. The van der Waals surface area contributed by atoms with Crippen molar-refractivity contribution >= 4 is 11.7 Å². The molecule has 112 valence electrons. The second-order valence-corrected chi connectivity index (χ2v) is 4.96. The SMILES string of the molecule is CCNc1ccc(C(=O)NCCN(C)C(C)CC)cn1. The number of pyridine rings is 1. The van der Waals surface area contributed by atoms with E-state index in [2.05, 4.69) is 41.4 Å². The van der Waals surface area contributed by atoms with Crippen LogP contribution in [0.5, 0.6) is 0 Å². The number of anilines is 1. The van der Waals surface area contributed by atoms with Gasteiger partial charge in [-0.2, -0.15) is 0 Å². The van der Waals surface area contributed by atoms with Gasteiger partial charge in [-0.1, -0.05) is 6.92 Å². The summed E-state index contributed by atoms with van der Waals surface area (Å²) < 4.78 is 0. The fourth-order valence-electron chi connectivity index (χ4n) is 1.79. The van der Waals surface area contributed by atoms with Gasteiger partial charge in [0, 0.05) is 31.9 Å². The molecule has 5 nitrogen and oxygen atoms in total. The molecule has 0 spiro atoms. The van der Waals surface area contributed by atoms with E-state index in [1.807, 2.05) is 13.0 Å². The Morgan fingerprint density at radius 3 is 2.70 bits per heavy atom. The zero-order valence-corrected chi connectivity index (χ0v) is 12.9. The molecule has 0 saturated heterocycles. The van der Waals surface area contributed by atoms with E-state index in [9.17, 15) is 4.79 Å². The summed E-state index contributed by atoms with van der Waals surface area (Å²) in [6, 6.07) is 4.15. The molecule has 1 unspecified atom stereocenters. The highest BCUT2D eigenvalue weighted by Crippen LogP contribution is 2.04. The first-order chi connectivity index (χ1) is 9.58. The van der Waals surface area contributed by atoms with E-state index in [0.717, 1.165) is 25.3 Å². The van der Waals surface area contributed by atoms with Gasteiger partial charge in [-0.15, -0.1) is 0 Å². The average Bonchev–Trinajstić information content (AvgIpc) is 2.47. The minimum absolute atomic E-state index is 0.0712. The highest BCUT2D eigenvalue weighted by molar-refractivity contribution is 5.94. The summed E-state index contributed by atoms with van der Waals surface area (Å²) in [5.41, 5.74) is 0.595. The maximum absolute atomic E-state index is 11.9. The quantitative estimate of drug-likeness (QED) is 0.763. The van der Waals surface area contributed by atoms with Crippen LogP contribution in [0.2, 0.25) is 0 Å². The third-order valence-electron chi connectivity index (χ3n) is 3.48. The van der Waals surface area contributed by atoms with Crippen LogP contribution < -0.4 is 10.6 Å². The number of nitrogens with one attached hydrogen (secondary N) is 2. The van der Waals surface area contributed by atoms with Crippen molar-refractivity contribution in [2.24, 2.45) is 0 Å². The van der Waals surface area contributed by atoms with Crippen molar-refractivity contribution in [3.63, 3.8) is 0 Å². The van der Waals surface area contributed by atoms with E-state index in [4.69, 9.17) is 0 Å². The third kappa shape index (κ3) is 5.17. The Hall–Kier alpha value is -1.62. The topological polar surface area (TPSA) is 57.3 Å². The third-order valence-corrected chi connectivity index (χ3v) is 3.48. The zero-order valence-electron chi connectivity index (χ0n) is 12.9. The summed E-state index contributed by atoms with van der Waals surface area (Å²) in [4.78, 5) is 18.4. The first kappa shape index (κ1) is 16.4. The number of aromatic nitrogens is 1. The lowest BCUT2D eigenvalue weighted by Gasteiger charge is -2.23. The molecule has 2 N–H and O–H groups in total. The minimum atomic E-state index is -0.0712. The second kappa shape index (κ2) is 8.53. The van der Waals surface area contributed by atoms with Crippen molar-refractivity contribution in [2.45, 2.75) is 33.2 Å². The lowest BCUT2D eigenvalue weighted by Crippen LogP contribution is -2.37. The average molecular weight is 278 g/mol. The Bertz CT molecular complexity index is 405. The van der Waals surface area contributed by atoms with E-state index in [0.29, 0.717) is 18.2 Å². The van der Waals surface area contributed by atoms with Gasteiger partial charge < -0.3 is 15.5 Å². The second-order valence-electron chi connectivity index (χ2n) is 4.96. The number of hydrogen-bond acceptors (Lipinski definition) is 4. The molecule has 1 amide bonds. The molecule has 0 bridgehead atoms. The highest BCUT2D eigenvalue weighted by Gasteiger charge is 2.08. The summed E-state index contributed by atoms with van der Waals surface area (Å²) in [5, 5.41) is 6.02. The van der Waals surface area contributed by atoms with Gasteiger partial charge in [0.15, 0.2) is 0 Å². The van der Waals surface area contributed by atoms with Gasteiger partial charge in [-0.25, -0.2) is 4.98 Å². The van der Waals surface area contributed by atoms with Crippen LogP contribution in [-0.4, -0.2) is 48.5 Å². The van der Waals surface area contributed by atoms with E-state index >= 15 is 0 Å². The summed E-state index contributed by atoms with van der Waals surface area (Å²) in [5.74, 6) is 0.721. The van der Waals surface area contributed by atoms with Crippen LogP contribution in [0.15, 0.2) is 18.3 Å². The van der Waals surface area contributed by atoms with Crippen LogP contribution in [0.25, 0.3) is 0 Å². The lowest BCUT2D eigenvalue weighted by atomic mass is 10.2. The molecule has 0 aromatic carbocycles. The van der Waals surface area contributed by atoms with Crippen molar-refractivity contribution < 1.29 is 4.79 Å². The monoisotopic (exact) mass is 278 g/mol. The van der Waals surface area contributed by atoms with Crippen molar-refractivity contribution in [3.05, 3.63) is 23.9 Å². The minimum Gasteiger partial charge on any atom is -0.370 e. The molecule has 0 aliphatic carbocycles. The van der Waals surface area contributed by atoms with Crippen molar-refractivity contribution in [2.75, 3.05) is 32.0 Å². The van der Waals surface area contributed by atoms with Gasteiger partial charge in [-0.3, -0.25) is 4.79 Å². The molecule has 0 aliphatic heterocycles. The van der Waals surface area contributed by atoms with Crippen LogP contribution in [0, 0.1) is 0 Å². The fourth-order valence-corrected chi connectivity index (χ4v) is 1.79. The molecular formula is C15H26N4O. The number of rotatable bonds is 8. The summed E-state index contributed by atoms with van der Waals surface area (Å²) in [7, 11) is 2.08. The lowest BCUT2D eigenvalue weighted by molar-refractivity contribution is 0.0947. The van der Waals surface area contributed by atoms with Crippen LogP contribution in [0.3, 0.4) is 0 Å². The summed E-state index contributed by atoms with van der Waals surface area (Å²) in [6.45, 7) is 8.68. The number of likely N-dealkylation sites (N-methyl/N-ethyl adjacent to an activating group) is 1. The van der Waals surface area contributed by atoms with E-state index < -0.39 is 0 Å². The largest absolute Gasteiger partial charge is 0.370 e. The number of hydrogen-bond donors (Lipinski definition) is 2. The standard InChI is InChI=1S/C15H26N4O/c1-5-12(3)19(4)10-9-17-15(20)13-7-8-14(16-6-2)18-11-13/h7-8,11-12H,5-6,9-10H2,1-4H3,(H,16,18)(H,17,20). The summed E-state index contributed by atoms with van der Waals surface area (Å²) in [6.07, 6.45) is 2.71. The fraction of sp³-hybridized carbons (Fsp3) is 0.600. The van der Waals surface area contributed by atoms with E-state index in [1.165, 1.54) is 0 Å². The Labute approximate surface area is 121 Å². The normalized spacial score (nSPS) is 12.2. The van der Waals surface area contributed by atoms with Crippen LogP contribution in [0.4, 0.5) is 5.82 Å². The highest BCUT2D eigenvalue weighted by atomic mass is 16.1. The molecule has 1 aromatic heterocycles. The Morgan fingerprint density at radius 1 is 1.40 bits per heavy atom. The molecule has 20 heavy (non-hydrogen) atoms. The molecule has 1 aromatic rings. The van der Waals surface area contributed by atoms with Gasteiger partial charge in [0.25, 0.3) is 5.91 Å². The molecule has 0 aliphatic rings. The number of carbonyl (C=O) groups is 1. The Morgan fingerprint density at radius 2 is 2.15 bits per heavy atom. The molecule has 1 rings (SSSR count). The van der Waals surface area contributed by atoms with Gasteiger partial charge in [0.2, 0.25) is 0 Å². The van der Waals surface area contributed by atoms with E-state index in [-0.39, 0.29) is 5.91 Å². The molecule has 0 fully saturated rings. The predicted octanol–water partition coefficient (Wildman–Crippen LogP) is 1.97. The maximum Gasteiger partial charge on any atom is 0.252 e. The van der Waals surface area contributed by atoms with Crippen molar-refractivity contribution in [3.8, 4) is 0 Å². The van der Waals surface area contributed by atoms with Crippen molar-refractivity contribution in [1.29, 1.82) is 0 Å². The van der Waals surface area contributed by atoms with E-state index in [1.54, 1.807) is 12.3 Å². The van der Waals surface area contributed by atoms with Gasteiger partial charge in [0.1, 0.15) is 5.82 Å². The zero-order chi connectivity index (χ0) is 15.0. The molecule has 0 saturated carbocycles. The molecular weight excluding hydrogens is 252 g/mol. The van der Waals surface area contributed by atoms with Crippen LogP contribution in [0.1, 0.15) is 37.6 Å². The molecule has 1 atom stereocenters. The maximum atomic E-state index is 11.9. The van der Waals surface area contributed by atoms with Crippen LogP contribution in [-0.2, 0) is 0 Å². The number of carbonyl (C=O) groups excluding carboxylic acids is 1. The van der Waals surface area contributed by atoms with Gasteiger partial charge in [-0.05, 0) is 39.4 Å². The predicted molar refractivity (Wildman–Crippen MR) is 83.1 cm³/mol. The van der Waals surface area contributed by atoms with Gasteiger partial charge >= 0.3 is 0 Å². The van der Waals surface area contributed by atoms with Crippen LogP contribution >= 0.6 is 0 Å². The number of nitrogens with zero attached hydrogens (tertiary/aromatic N) is 2. The molecule has 1 heterocycles. The Balaban J connectivity index is 2.39. The molecule has 5 heteroatoms. The van der Waals surface area contributed by atoms with Gasteiger partial charge in [0.05, 0.1) is 5.56 Å². The summed E-state index contributed by atoms with van der Waals surface area (Å²) >= 11 is 0. The Kier molecular flexibility index (Phi) is 7.01. The first-order valence-corrected chi connectivity index (χ1v) is 7.26. The number of amides is 1. The van der Waals surface area contributed by atoms with Crippen molar-refractivity contribution in [1.82, 2.24) is 15.2 Å². The first-order valence-electron chi connectivity index (χ1n) is 7.26.